The minimum Gasteiger partial charge on any atom is -0.481 e. The molecule has 0 aliphatic heterocycles. The Morgan fingerprint density at radius 2 is 2.00 bits per heavy atom. The number of hydrogen-bond acceptors (Lipinski definition) is 2. The molecule has 94 valence electrons. The molecule has 1 aromatic rings. The van der Waals surface area contributed by atoms with E-state index in [9.17, 15) is 4.79 Å². The molecule has 0 atom stereocenters. The zero-order chi connectivity index (χ0) is 12.7. The molecule has 0 bridgehead atoms. The topological polar surface area (TPSA) is 49.3 Å². The van der Waals surface area contributed by atoms with Crippen molar-refractivity contribution < 1.29 is 9.90 Å². The maximum atomic E-state index is 10.3. The van der Waals surface area contributed by atoms with Crippen LogP contribution in [0.4, 0.5) is 5.69 Å². The second-order valence-electron chi connectivity index (χ2n) is 3.76. The van der Waals surface area contributed by atoms with Gasteiger partial charge in [0.2, 0.25) is 0 Å². The van der Waals surface area contributed by atoms with E-state index in [-0.39, 0.29) is 6.42 Å². The Balaban J connectivity index is 2.22. The number of anilines is 1. The molecular weight excluding hydrogens is 350 g/mol. The fourth-order valence-electron chi connectivity index (χ4n) is 1.43. The van der Waals surface area contributed by atoms with Crippen LogP contribution in [0.1, 0.15) is 25.7 Å². The van der Waals surface area contributed by atoms with Crippen LogP contribution in [0.15, 0.2) is 27.1 Å². The van der Waals surface area contributed by atoms with Crippen LogP contribution >= 0.6 is 31.9 Å². The van der Waals surface area contributed by atoms with Crippen molar-refractivity contribution in [2.45, 2.75) is 25.7 Å². The van der Waals surface area contributed by atoms with Gasteiger partial charge in [-0.1, -0.05) is 22.4 Å². The summed E-state index contributed by atoms with van der Waals surface area (Å²) in [5, 5.41) is 11.8. The number of nitrogens with one attached hydrogen (secondary N) is 1. The molecule has 0 aliphatic carbocycles. The molecule has 0 aromatic heterocycles. The lowest BCUT2D eigenvalue weighted by Gasteiger charge is -2.08. The highest BCUT2D eigenvalue weighted by Gasteiger charge is 2.00. The van der Waals surface area contributed by atoms with Crippen LogP contribution < -0.4 is 5.32 Å². The number of carbonyl (C=O) groups is 1. The Labute approximate surface area is 118 Å². The minimum atomic E-state index is -0.715. The Bertz CT molecular complexity index is 383. The summed E-state index contributed by atoms with van der Waals surface area (Å²) < 4.78 is 2.07. The fourth-order valence-corrected chi connectivity index (χ4v) is 2.18. The fraction of sp³-hybridized carbons (Fsp3) is 0.417. The third-order valence-electron chi connectivity index (χ3n) is 2.31. The highest BCUT2D eigenvalue weighted by molar-refractivity contribution is 9.11. The second kappa shape index (κ2) is 7.71. The summed E-state index contributed by atoms with van der Waals surface area (Å²) in [6, 6.07) is 5.97. The van der Waals surface area contributed by atoms with E-state index < -0.39 is 5.97 Å². The largest absolute Gasteiger partial charge is 0.481 e. The summed E-state index contributed by atoms with van der Waals surface area (Å²) in [7, 11) is 0. The van der Waals surface area contributed by atoms with Crippen molar-refractivity contribution in [2.75, 3.05) is 11.9 Å². The van der Waals surface area contributed by atoms with E-state index in [1.807, 2.05) is 18.2 Å². The summed E-state index contributed by atoms with van der Waals surface area (Å²) in [6.45, 7) is 0.856. The number of benzene rings is 1. The first-order valence-electron chi connectivity index (χ1n) is 5.50. The summed E-state index contributed by atoms with van der Waals surface area (Å²) in [6.07, 6.45) is 2.93. The molecule has 0 spiro atoms. The van der Waals surface area contributed by atoms with Gasteiger partial charge in [0, 0.05) is 27.6 Å². The summed E-state index contributed by atoms with van der Waals surface area (Å²) in [5.74, 6) is -0.715. The number of carboxylic acids is 1. The first-order chi connectivity index (χ1) is 8.09. The van der Waals surface area contributed by atoms with Gasteiger partial charge in [-0.3, -0.25) is 4.79 Å². The van der Waals surface area contributed by atoms with Crippen molar-refractivity contribution in [1.82, 2.24) is 0 Å². The van der Waals surface area contributed by atoms with Crippen molar-refractivity contribution in [3.63, 3.8) is 0 Å². The van der Waals surface area contributed by atoms with Gasteiger partial charge in [-0.05, 0) is 47.0 Å². The van der Waals surface area contributed by atoms with Gasteiger partial charge < -0.3 is 10.4 Å². The number of aliphatic carboxylic acids is 1. The first-order valence-corrected chi connectivity index (χ1v) is 7.09. The third kappa shape index (κ3) is 6.07. The van der Waals surface area contributed by atoms with Crippen molar-refractivity contribution in [3.05, 3.63) is 27.1 Å². The van der Waals surface area contributed by atoms with Gasteiger partial charge in [-0.2, -0.15) is 0 Å². The molecule has 1 rings (SSSR count). The molecule has 0 heterocycles. The zero-order valence-electron chi connectivity index (χ0n) is 9.38. The number of hydrogen-bond donors (Lipinski definition) is 2. The highest BCUT2D eigenvalue weighted by atomic mass is 79.9. The molecule has 2 N–H and O–H groups in total. The Morgan fingerprint density at radius 3 is 2.71 bits per heavy atom. The molecule has 0 fully saturated rings. The van der Waals surface area contributed by atoms with E-state index in [0.717, 1.165) is 40.4 Å². The molecule has 0 saturated heterocycles. The van der Waals surface area contributed by atoms with Crippen molar-refractivity contribution in [1.29, 1.82) is 0 Å². The van der Waals surface area contributed by atoms with E-state index in [0.29, 0.717) is 0 Å². The maximum absolute atomic E-state index is 10.3. The lowest BCUT2D eigenvalue weighted by molar-refractivity contribution is -0.137. The molecule has 5 heteroatoms. The highest BCUT2D eigenvalue weighted by Crippen LogP contribution is 2.26. The van der Waals surface area contributed by atoms with Gasteiger partial charge in [0.25, 0.3) is 0 Å². The van der Waals surface area contributed by atoms with Gasteiger partial charge >= 0.3 is 5.97 Å². The maximum Gasteiger partial charge on any atom is 0.303 e. The number of unbranched alkanes of at least 4 members (excludes halogenated alkanes) is 2. The van der Waals surface area contributed by atoms with Crippen LogP contribution in [-0.4, -0.2) is 17.6 Å². The Kier molecular flexibility index (Phi) is 6.58. The molecule has 0 saturated carbocycles. The van der Waals surface area contributed by atoms with Gasteiger partial charge in [0.1, 0.15) is 0 Å². The summed E-state index contributed by atoms with van der Waals surface area (Å²) in [5.41, 5.74) is 1.05. The second-order valence-corrected chi connectivity index (χ2v) is 5.53. The average molecular weight is 365 g/mol. The zero-order valence-corrected chi connectivity index (χ0v) is 12.6. The van der Waals surface area contributed by atoms with Gasteiger partial charge in [0.05, 0.1) is 0 Å². The van der Waals surface area contributed by atoms with E-state index in [2.05, 4.69) is 37.2 Å². The number of rotatable bonds is 7. The van der Waals surface area contributed by atoms with Crippen molar-refractivity contribution >= 4 is 43.5 Å². The quantitative estimate of drug-likeness (QED) is 0.710. The van der Waals surface area contributed by atoms with Crippen LogP contribution in [-0.2, 0) is 4.79 Å². The molecular formula is C12H15Br2NO2. The van der Waals surface area contributed by atoms with Gasteiger partial charge in [0.15, 0.2) is 0 Å². The molecule has 17 heavy (non-hydrogen) atoms. The standard InChI is InChI=1S/C12H15Br2NO2/c13-9-5-6-10(14)11(8-9)15-7-3-1-2-4-12(16)17/h5-6,8,15H,1-4,7H2,(H,16,17). The molecule has 3 nitrogen and oxygen atoms in total. The van der Waals surface area contributed by atoms with Crippen LogP contribution in [0.25, 0.3) is 0 Å². The molecule has 0 aliphatic rings. The number of halogens is 2. The molecule has 0 amide bonds. The van der Waals surface area contributed by atoms with Crippen LogP contribution in [0, 0.1) is 0 Å². The lowest BCUT2D eigenvalue weighted by Crippen LogP contribution is -2.02. The van der Waals surface area contributed by atoms with Crippen molar-refractivity contribution in [3.8, 4) is 0 Å². The SMILES string of the molecule is O=C(O)CCCCCNc1cc(Br)ccc1Br. The Morgan fingerprint density at radius 1 is 1.24 bits per heavy atom. The molecule has 0 radical (unpaired) electrons. The lowest BCUT2D eigenvalue weighted by atomic mass is 10.2. The molecule has 1 aromatic carbocycles. The third-order valence-corrected chi connectivity index (χ3v) is 3.50. The Hall–Kier alpha value is -0.550. The van der Waals surface area contributed by atoms with Gasteiger partial charge in [-0.15, -0.1) is 0 Å². The van der Waals surface area contributed by atoms with Crippen LogP contribution in [0.5, 0.6) is 0 Å². The predicted octanol–water partition coefficient (Wildman–Crippen LogP) is 4.27. The molecule has 0 unspecified atom stereocenters. The smallest absolute Gasteiger partial charge is 0.303 e. The minimum absolute atomic E-state index is 0.264. The number of carboxylic acid groups (broad SMARTS) is 1. The van der Waals surface area contributed by atoms with Crippen molar-refractivity contribution in [2.24, 2.45) is 0 Å². The predicted molar refractivity (Wildman–Crippen MR) is 76.4 cm³/mol. The summed E-state index contributed by atoms with van der Waals surface area (Å²) in [4.78, 5) is 10.3. The normalized spacial score (nSPS) is 10.2. The summed E-state index contributed by atoms with van der Waals surface area (Å²) >= 11 is 6.89. The first kappa shape index (κ1) is 14.5. The van der Waals surface area contributed by atoms with E-state index in [1.54, 1.807) is 0 Å². The van der Waals surface area contributed by atoms with Crippen LogP contribution in [0.3, 0.4) is 0 Å². The van der Waals surface area contributed by atoms with E-state index >= 15 is 0 Å². The van der Waals surface area contributed by atoms with E-state index in [1.165, 1.54) is 0 Å². The van der Waals surface area contributed by atoms with Gasteiger partial charge in [-0.25, -0.2) is 0 Å². The average Bonchev–Trinajstić information content (AvgIpc) is 2.27. The van der Waals surface area contributed by atoms with Crippen LogP contribution in [0.2, 0.25) is 0 Å². The van der Waals surface area contributed by atoms with E-state index in [4.69, 9.17) is 5.11 Å². The monoisotopic (exact) mass is 363 g/mol.